The van der Waals surface area contributed by atoms with Crippen LogP contribution < -0.4 is 0 Å². The van der Waals surface area contributed by atoms with Crippen molar-refractivity contribution in [2.75, 3.05) is 6.61 Å². The van der Waals surface area contributed by atoms with Crippen molar-refractivity contribution >= 4 is 37.8 Å². The van der Waals surface area contributed by atoms with Gasteiger partial charge >= 0.3 is 130 Å². The normalized spacial score (nSPS) is 19.4. The van der Waals surface area contributed by atoms with E-state index in [-0.39, 0.29) is 31.4 Å². The van der Waals surface area contributed by atoms with Crippen LogP contribution in [0.25, 0.3) is 6.08 Å². The zero-order valence-electron chi connectivity index (χ0n) is 13.8. The van der Waals surface area contributed by atoms with Crippen LogP contribution >= 0.6 is 24.8 Å². The van der Waals surface area contributed by atoms with E-state index in [9.17, 15) is 5.11 Å². The van der Waals surface area contributed by atoms with Gasteiger partial charge in [0.15, 0.2) is 0 Å². The number of aliphatic hydroxyl groups is 1. The van der Waals surface area contributed by atoms with E-state index < -0.39 is 17.4 Å². The second-order valence-electron chi connectivity index (χ2n) is 7.36. The Morgan fingerprint density at radius 2 is 1.87 bits per heavy atom. The van der Waals surface area contributed by atoms with Crippen LogP contribution in [-0.2, 0) is 17.4 Å². The van der Waals surface area contributed by atoms with Crippen LogP contribution in [0.5, 0.6) is 0 Å². The van der Waals surface area contributed by atoms with Gasteiger partial charge in [0.05, 0.1) is 0 Å². The van der Waals surface area contributed by atoms with E-state index in [0.29, 0.717) is 3.63 Å². The second-order valence-corrected chi connectivity index (χ2v) is 37.1. The molecule has 0 spiro atoms. The molecule has 2 aliphatic rings. The Labute approximate surface area is 154 Å². The van der Waals surface area contributed by atoms with E-state index in [0.717, 1.165) is 12.8 Å². The maximum atomic E-state index is 9.36. The third-order valence-electron chi connectivity index (χ3n) is 5.20. The van der Waals surface area contributed by atoms with Crippen molar-refractivity contribution in [2.24, 2.45) is 0 Å². The van der Waals surface area contributed by atoms with E-state index in [4.69, 9.17) is 0 Å². The van der Waals surface area contributed by atoms with Gasteiger partial charge in [-0.05, 0) is 0 Å². The predicted octanol–water partition coefficient (Wildman–Crippen LogP) is 4.53. The van der Waals surface area contributed by atoms with Gasteiger partial charge < -0.3 is 0 Å². The van der Waals surface area contributed by atoms with Gasteiger partial charge in [0.1, 0.15) is 0 Å². The van der Waals surface area contributed by atoms with Crippen molar-refractivity contribution in [3.05, 3.63) is 62.5 Å². The molecule has 1 unspecified atom stereocenters. The fraction of sp³-hybridized carbons (Fsp3) is 0.333. The predicted molar refractivity (Wildman–Crippen MR) is 105 cm³/mol. The molecule has 0 aromatic heterocycles. The first-order valence-electron chi connectivity index (χ1n) is 7.77. The molecule has 126 valence electrons. The van der Waals surface area contributed by atoms with Gasteiger partial charge in [-0.1, -0.05) is 0 Å². The topological polar surface area (TPSA) is 20.2 Å². The van der Waals surface area contributed by atoms with Crippen LogP contribution in [0.3, 0.4) is 0 Å². The van der Waals surface area contributed by atoms with Crippen LogP contribution in [0.15, 0.2) is 51.3 Å². The van der Waals surface area contributed by atoms with Gasteiger partial charge in [-0.3, -0.25) is 0 Å². The van der Waals surface area contributed by atoms with Gasteiger partial charge in [-0.2, -0.15) is 0 Å². The van der Waals surface area contributed by atoms with Gasteiger partial charge in [-0.25, -0.2) is 0 Å². The molecule has 1 aromatic carbocycles. The number of rotatable bonds is 4. The van der Waals surface area contributed by atoms with E-state index in [1.165, 1.54) is 16.7 Å². The number of hydrogen-bond acceptors (Lipinski definition) is 1. The molecule has 0 bridgehead atoms. The molecule has 0 heterocycles. The van der Waals surface area contributed by atoms with Gasteiger partial charge in [0.25, 0.3) is 0 Å². The van der Waals surface area contributed by atoms with E-state index in [2.05, 4.69) is 64.7 Å². The van der Waals surface area contributed by atoms with Crippen molar-refractivity contribution in [1.29, 1.82) is 0 Å². The summed E-state index contributed by atoms with van der Waals surface area (Å²) >= 11 is -3.06. The Balaban J connectivity index is 0.00000132. The summed E-state index contributed by atoms with van der Waals surface area (Å²) in [5.41, 5.74) is 4.33. The van der Waals surface area contributed by atoms with E-state index in [1.807, 2.05) is 0 Å². The molecule has 0 fully saturated rings. The minimum atomic E-state index is -3.06. The van der Waals surface area contributed by atoms with Gasteiger partial charge in [-0.15, -0.1) is 24.8 Å². The number of halogens is 2. The zero-order valence-corrected chi connectivity index (χ0v) is 19.3. The average molecular weight is 449 g/mol. The number of benzene rings is 1. The van der Waals surface area contributed by atoms with Crippen molar-refractivity contribution < 1.29 is 22.5 Å². The fourth-order valence-electron chi connectivity index (χ4n) is 4.01. The first-order valence-corrected chi connectivity index (χ1v) is 21.3. The molecule has 2 aliphatic carbocycles. The zero-order chi connectivity index (χ0) is 15.1. The van der Waals surface area contributed by atoms with E-state index in [1.54, 1.807) is 3.28 Å². The minimum absolute atomic E-state index is 0. The summed E-state index contributed by atoms with van der Waals surface area (Å²) < 4.78 is 7.45. The summed E-state index contributed by atoms with van der Waals surface area (Å²) in [4.78, 5) is 0. The summed E-state index contributed by atoms with van der Waals surface area (Å²) in [5, 5.41) is 9.36. The monoisotopic (exact) mass is 446 g/mol. The van der Waals surface area contributed by atoms with Gasteiger partial charge in [0, 0.05) is 0 Å². The fourth-order valence-corrected chi connectivity index (χ4v) is 19.1. The van der Waals surface area contributed by atoms with Crippen LogP contribution in [0, 0.1) is 0 Å². The second kappa shape index (κ2) is 7.54. The molecule has 1 aromatic rings. The third-order valence-corrected chi connectivity index (χ3v) is 22.6. The van der Waals surface area contributed by atoms with Crippen molar-refractivity contribution in [2.45, 2.75) is 25.7 Å². The number of allylic oxidation sites excluding steroid dienone is 4. The summed E-state index contributed by atoms with van der Waals surface area (Å²) in [5.74, 6) is 0. The number of aliphatic hydroxyl groups excluding tert-OH is 1. The summed E-state index contributed by atoms with van der Waals surface area (Å²) in [6.45, 7) is 2.57. The van der Waals surface area contributed by atoms with Crippen molar-refractivity contribution in [3.63, 3.8) is 0 Å². The maximum absolute atomic E-state index is 9.36. The molecular formula is C18H26Cl2OSiZr. The van der Waals surface area contributed by atoms with Crippen LogP contribution in [0.4, 0.5) is 0 Å². The Morgan fingerprint density at radius 3 is 2.57 bits per heavy atom. The molecule has 0 radical (unpaired) electrons. The van der Waals surface area contributed by atoms with E-state index >= 15 is 0 Å². The molecule has 1 nitrogen and oxygen atoms in total. The molecule has 0 aliphatic heterocycles. The van der Waals surface area contributed by atoms with Crippen LogP contribution in [-0.4, -0.2) is 18.6 Å². The molecule has 0 saturated carbocycles. The SMILES string of the molecule is Cl.Cl.[CH3][Zr]([CH3])(=[SiH2])([C]1=C(CCO)C=CC1)[CH]1C=Cc2ccccc21. The molecule has 5 heteroatoms. The Morgan fingerprint density at radius 1 is 1.17 bits per heavy atom. The number of hydrogen-bond donors (Lipinski definition) is 1. The molecular weight excluding hydrogens is 422 g/mol. The average Bonchev–Trinajstić information content (AvgIpc) is 3.05. The Bertz CT molecular complexity index is 743. The summed E-state index contributed by atoms with van der Waals surface area (Å²) in [6.07, 6.45) is 11.2. The van der Waals surface area contributed by atoms with Crippen molar-refractivity contribution in [3.8, 4) is 0 Å². The summed E-state index contributed by atoms with van der Waals surface area (Å²) in [7, 11) is 0. The van der Waals surface area contributed by atoms with Crippen molar-refractivity contribution in [1.82, 2.24) is 0 Å². The summed E-state index contributed by atoms with van der Waals surface area (Å²) in [6, 6.07) is 8.84. The standard InChI is InChI=1S/C9H7.C7H9O.2CH3.2ClH.H2Si.Zr/c1-2-5-9-7-3-6-8(9)4-1;8-6-5-7-3-1-2-4-7;;;;;;/h1-7H;1,3,8H,2,5-6H2;2*1H3;2*1H;1H2;. The Hall–Kier alpha value is 0.0800. The van der Waals surface area contributed by atoms with Crippen LogP contribution in [0.2, 0.25) is 9.26 Å². The number of fused-ring (bicyclic) bond motifs is 1. The first-order chi connectivity index (χ1) is 9.92. The molecule has 23 heavy (non-hydrogen) atoms. The molecule has 3 rings (SSSR count). The molecule has 0 saturated heterocycles. The molecule has 1 N–H and O–H groups in total. The quantitative estimate of drug-likeness (QED) is 0.671. The molecule has 1 atom stereocenters. The molecule has 0 amide bonds. The van der Waals surface area contributed by atoms with Gasteiger partial charge in [0.2, 0.25) is 0 Å². The van der Waals surface area contributed by atoms with Crippen LogP contribution in [0.1, 0.15) is 27.6 Å². The Kier molecular flexibility index (Phi) is 6.92. The first kappa shape index (κ1) is 21.1. The third kappa shape index (κ3) is 3.70.